The number of halogens is 3. The number of imide groups is 1. The average Bonchev–Trinajstić information content (AvgIpc) is 2.86. The van der Waals surface area contributed by atoms with Crippen molar-refractivity contribution < 1.29 is 32.3 Å². The Morgan fingerprint density at radius 2 is 1.81 bits per heavy atom. The minimum Gasteiger partial charge on any atom is -0.444 e. The van der Waals surface area contributed by atoms with Crippen LogP contribution in [0.15, 0.2) is 18.3 Å². The number of hydrogen-bond donors (Lipinski definition) is 0. The zero-order valence-corrected chi connectivity index (χ0v) is 17.8. The van der Waals surface area contributed by atoms with Crippen molar-refractivity contribution in [3.63, 3.8) is 0 Å². The van der Waals surface area contributed by atoms with Crippen LogP contribution in [0.4, 0.5) is 28.4 Å². The van der Waals surface area contributed by atoms with Gasteiger partial charge in [0.2, 0.25) is 0 Å². The second-order valence-electron chi connectivity index (χ2n) is 8.56. The normalized spacial score (nSPS) is 19.4. The molecule has 0 aromatic carbocycles. The first-order valence-electron chi connectivity index (χ1n) is 9.97. The molecule has 0 atom stereocenters. The van der Waals surface area contributed by atoms with Gasteiger partial charge in [-0.3, -0.25) is 9.78 Å². The molecule has 2 fully saturated rings. The van der Waals surface area contributed by atoms with Gasteiger partial charge in [-0.05, 0) is 52.7 Å². The van der Waals surface area contributed by atoms with Crippen molar-refractivity contribution in [2.75, 3.05) is 24.5 Å². The van der Waals surface area contributed by atoms with Gasteiger partial charge >= 0.3 is 18.3 Å². The van der Waals surface area contributed by atoms with Crippen LogP contribution in [-0.4, -0.2) is 63.6 Å². The largest absolute Gasteiger partial charge is 0.444 e. The SMILES string of the molecule is CCN1C(=O)N(c2ccnc(C(F)(F)F)c2)C(=O)C12CCN(C(=O)OC(C)(C)C)CC2. The number of pyridine rings is 1. The van der Waals surface area contributed by atoms with Crippen LogP contribution < -0.4 is 4.90 Å². The first-order valence-corrected chi connectivity index (χ1v) is 9.97. The molecule has 0 unspecified atom stereocenters. The van der Waals surface area contributed by atoms with Crippen LogP contribution in [0.25, 0.3) is 0 Å². The maximum atomic E-state index is 13.4. The summed E-state index contributed by atoms with van der Waals surface area (Å²) in [5, 5.41) is 0. The lowest BCUT2D eigenvalue weighted by Crippen LogP contribution is -2.57. The monoisotopic (exact) mass is 442 g/mol. The number of anilines is 1. The summed E-state index contributed by atoms with van der Waals surface area (Å²) in [6, 6.07) is 1.21. The highest BCUT2D eigenvalue weighted by Crippen LogP contribution is 2.40. The smallest absolute Gasteiger partial charge is 0.433 e. The number of urea groups is 1. The third kappa shape index (κ3) is 4.17. The highest BCUT2D eigenvalue weighted by Gasteiger charge is 2.58. The van der Waals surface area contributed by atoms with Crippen molar-refractivity contribution in [1.82, 2.24) is 14.8 Å². The molecule has 4 amide bonds. The quantitative estimate of drug-likeness (QED) is 0.653. The van der Waals surface area contributed by atoms with E-state index in [1.807, 2.05) is 0 Å². The Balaban J connectivity index is 1.86. The number of likely N-dealkylation sites (N-methyl/N-ethyl adjacent to an activating group) is 1. The molecule has 3 rings (SSSR count). The topological polar surface area (TPSA) is 83.1 Å². The van der Waals surface area contributed by atoms with Crippen LogP contribution in [-0.2, 0) is 15.7 Å². The van der Waals surface area contributed by atoms with Gasteiger partial charge in [-0.2, -0.15) is 13.2 Å². The van der Waals surface area contributed by atoms with Crippen molar-refractivity contribution in [3.8, 4) is 0 Å². The zero-order chi connectivity index (χ0) is 23.2. The Morgan fingerprint density at radius 3 is 2.32 bits per heavy atom. The van der Waals surface area contributed by atoms with Crippen molar-refractivity contribution in [3.05, 3.63) is 24.0 Å². The number of piperidine rings is 1. The summed E-state index contributed by atoms with van der Waals surface area (Å²) < 4.78 is 44.6. The van der Waals surface area contributed by atoms with Crippen LogP contribution in [0, 0.1) is 0 Å². The predicted octanol–water partition coefficient (Wildman–Crippen LogP) is 3.66. The molecular formula is C20H25F3N4O4. The van der Waals surface area contributed by atoms with Crippen LogP contribution in [0.2, 0.25) is 0 Å². The molecule has 0 saturated carbocycles. The van der Waals surface area contributed by atoms with Gasteiger partial charge in [0.15, 0.2) is 0 Å². The van der Waals surface area contributed by atoms with E-state index in [2.05, 4.69) is 4.98 Å². The summed E-state index contributed by atoms with van der Waals surface area (Å²) in [5.74, 6) is -0.595. The Labute approximate surface area is 177 Å². The third-order valence-corrected chi connectivity index (χ3v) is 5.39. The molecule has 0 N–H and O–H groups in total. The summed E-state index contributed by atoms with van der Waals surface area (Å²) >= 11 is 0. The van der Waals surface area contributed by atoms with E-state index in [0.29, 0.717) is 6.07 Å². The minimum absolute atomic E-state index is 0.165. The van der Waals surface area contributed by atoms with E-state index in [9.17, 15) is 27.6 Å². The maximum absolute atomic E-state index is 13.4. The summed E-state index contributed by atoms with van der Waals surface area (Å²) in [5.41, 5.74) is -3.25. The van der Waals surface area contributed by atoms with E-state index in [4.69, 9.17) is 4.74 Å². The van der Waals surface area contributed by atoms with Crippen molar-refractivity contribution in [2.45, 2.75) is 57.9 Å². The fraction of sp³-hybridized carbons (Fsp3) is 0.600. The molecule has 2 aliphatic rings. The standard InChI is InChI=1S/C20H25F3N4O4/c1-5-26-16(29)27(13-6-9-24-14(12-13)20(21,22)23)15(28)19(26)7-10-25(11-8-19)17(30)31-18(2,3)4/h6,9,12H,5,7-8,10-11H2,1-4H3. The molecule has 0 radical (unpaired) electrons. The number of hydrogen-bond acceptors (Lipinski definition) is 5. The first-order chi connectivity index (χ1) is 14.3. The Morgan fingerprint density at radius 1 is 1.19 bits per heavy atom. The van der Waals surface area contributed by atoms with E-state index in [1.54, 1.807) is 27.7 Å². The van der Waals surface area contributed by atoms with Gasteiger partial charge in [0.05, 0.1) is 5.69 Å². The number of nitrogens with zero attached hydrogens (tertiary/aromatic N) is 4. The number of ether oxygens (including phenoxy) is 1. The van der Waals surface area contributed by atoms with E-state index < -0.39 is 41.0 Å². The number of likely N-dealkylation sites (tertiary alicyclic amines) is 1. The molecule has 1 spiro atoms. The number of aromatic nitrogens is 1. The highest BCUT2D eigenvalue weighted by molar-refractivity contribution is 6.23. The lowest BCUT2D eigenvalue weighted by Gasteiger charge is -2.41. The van der Waals surface area contributed by atoms with Crippen molar-refractivity contribution in [1.29, 1.82) is 0 Å². The lowest BCUT2D eigenvalue weighted by molar-refractivity contribution is -0.141. The number of carbonyl (C=O) groups excluding carboxylic acids is 3. The molecule has 2 saturated heterocycles. The second-order valence-corrected chi connectivity index (χ2v) is 8.56. The van der Waals surface area contributed by atoms with Crippen LogP contribution >= 0.6 is 0 Å². The summed E-state index contributed by atoms with van der Waals surface area (Å²) in [7, 11) is 0. The van der Waals surface area contributed by atoms with E-state index in [1.165, 1.54) is 15.9 Å². The van der Waals surface area contributed by atoms with Crippen LogP contribution in [0.5, 0.6) is 0 Å². The number of amides is 4. The lowest BCUT2D eigenvalue weighted by atomic mass is 9.86. The maximum Gasteiger partial charge on any atom is 0.433 e. The number of carbonyl (C=O) groups is 3. The Bertz CT molecular complexity index is 889. The molecule has 2 aliphatic heterocycles. The molecule has 0 aliphatic carbocycles. The Kier molecular flexibility index (Phi) is 5.66. The predicted molar refractivity (Wildman–Crippen MR) is 104 cm³/mol. The average molecular weight is 442 g/mol. The fourth-order valence-electron chi connectivity index (χ4n) is 3.96. The van der Waals surface area contributed by atoms with E-state index in [-0.39, 0.29) is 38.2 Å². The fourth-order valence-corrected chi connectivity index (χ4v) is 3.96. The molecule has 1 aromatic rings. The first kappa shape index (κ1) is 22.8. The summed E-state index contributed by atoms with van der Waals surface area (Å²) in [6.45, 7) is 7.50. The molecule has 3 heterocycles. The van der Waals surface area contributed by atoms with Gasteiger partial charge in [-0.15, -0.1) is 0 Å². The molecule has 31 heavy (non-hydrogen) atoms. The highest BCUT2D eigenvalue weighted by atomic mass is 19.4. The van der Waals surface area contributed by atoms with Crippen molar-refractivity contribution in [2.24, 2.45) is 0 Å². The molecule has 8 nitrogen and oxygen atoms in total. The van der Waals surface area contributed by atoms with E-state index >= 15 is 0 Å². The van der Waals surface area contributed by atoms with Gasteiger partial charge in [-0.1, -0.05) is 0 Å². The molecule has 1 aromatic heterocycles. The van der Waals surface area contributed by atoms with Gasteiger partial charge in [0.1, 0.15) is 16.8 Å². The van der Waals surface area contributed by atoms with Crippen molar-refractivity contribution >= 4 is 23.7 Å². The van der Waals surface area contributed by atoms with Gasteiger partial charge in [-0.25, -0.2) is 14.5 Å². The molecule has 170 valence electrons. The third-order valence-electron chi connectivity index (χ3n) is 5.39. The molecule has 0 bridgehead atoms. The minimum atomic E-state index is -4.71. The molecule has 11 heteroatoms. The summed E-state index contributed by atoms with van der Waals surface area (Å²) in [6.07, 6.45) is -3.96. The summed E-state index contributed by atoms with van der Waals surface area (Å²) in [4.78, 5) is 45.6. The van der Waals surface area contributed by atoms with Gasteiger partial charge in [0, 0.05) is 25.8 Å². The van der Waals surface area contributed by atoms with Gasteiger partial charge in [0.25, 0.3) is 5.91 Å². The van der Waals surface area contributed by atoms with E-state index in [0.717, 1.165) is 11.1 Å². The number of rotatable bonds is 2. The number of alkyl halides is 3. The molecular weight excluding hydrogens is 417 g/mol. The van der Waals surface area contributed by atoms with Gasteiger partial charge < -0.3 is 14.5 Å². The van der Waals surface area contributed by atoms with Crippen LogP contribution in [0.1, 0.15) is 46.2 Å². The second kappa shape index (κ2) is 7.69. The van der Waals surface area contributed by atoms with Crippen LogP contribution in [0.3, 0.4) is 0 Å². The Hall–Kier alpha value is -2.85. The zero-order valence-electron chi connectivity index (χ0n) is 17.8.